The van der Waals surface area contributed by atoms with E-state index < -0.39 is 5.97 Å². The average molecular weight is 186 g/mol. The largest absolute Gasteiger partial charge is 0.478 e. The molecule has 0 aliphatic carbocycles. The van der Waals surface area contributed by atoms with Gasteiger partial charge in [0.15, 0.2) is 0 Å². The van der Waals surface area contributed by atoms with Crippen molar-refractivity contribution in [1.29, 1.82) is 0 Å². The van der Waals surface area contributed by atoms with Crippen LogP contribution in [0.15, 0.2) is 36.9 Å². The molecule has 0 saturated heterocycles. The Morgan fingerprint density at radius 1 is 1.50 bits per heavy atom. The minimum Gasteiger partial charge on any atom is -0.478 e. The van der Waals surface area contributed by atoms with Gasteiger partial charge in [0.2, 0.25) is 0 Å². The zero-order chi connectivity index (χ0) is 10.4. The fourth-order valence-electron chi connectivity index (χ4n) is 0.997. The Bertz CT molecular complexity index is 408. The molecule has 0 unspecified atom stereocenters. The van der Waals surface area contributed by atoms with Crippen molar-refractivity contribution in [2.45, 2.75) is 6.42 Å². The van der Waals surface area contributed by atoms with Gasteiger partial charge in [0, 0.05) is 12.0 Å². The molecule has 14 heavy (non-hydrogen) atoms. The van der Waals surface area contributed by atoms with E-state index in [1.807, 2.05) is 0 Å². The van der Waals surface area contributed by atoms with Crippen molar-refractivity contribution >= 4 is 5.97 Å². The third-order valence-corrected chi connectivity index (χ3v) is 1.63. The van der Waals surface area contributed by atoms with Gasteiger partial charge < -0.3 is 5.11 Å². The van der Waals surface area contributed by atoms with Crippen molar-refractivity contribution in [3.05, 3.63) is 48.0 Å². The SMILES string of the molecule is C=CCC#Cc1ccccc1C(=O)O. The normalized spacial score (nSPS) is 8.57. The maximum atomic E-state index is 10.8. The monoisotopic (exact) mass is 186 g/mol. The lowest BCUT2D eigenvalue weighted by molar-refractivity contribution is 0.0696. The molecule has 0 aliphatic rings. The molecule has 0 amide bonds. The molecule has 2 heteroatoms. The molecule has 0 bridgehead atoms. The molecule has 1 rings (SSSR count). The molecule has 0 atom stereocenters. The maximum absolute atomic E-state index is 10.8. The van der Waals surface area contributed by atoms with Crippen molar-refractivity contribution in [1.82, 2.24) is 0 Å². The molecular formula is C12H10O2. The van der Waals surface area contributed by atoms with E-state index in [1.165, 1.54) is 0 Å². The number of hydrogen-bond acceptors (Lipinski definition) is 1. The molecule has 0 spiro atoms. The van der Waals surface area contributed by atoms with Gasteiger partial charge in [0.1, 0.15) is 0 Å². The molecule has 1 aromatic carbocycles. The summed E-state index contributed by atoms with van der Waals surface area (Å²) in [7, 11) is 0. The summed E-state index contributed by atoms with van der Waals surface area (Å²) >= 11 is 0. The molecule has 0 heterocycles. The van der Waals surface area contributed by atoms with Gasteiger partial charge in [-0.05, 0) is 12.1 Å². The summed E-state index contributed by atoms with van der Waals surface area (Å²) in [6.45, 7) is 3.53. The lowest BCUT2D eigenvalue weighted by Gasteiger charge is -1.96. The van der Waals surface area contributed by atoms with Crippen LogP contribution in [0.1, 0.15) is 22.3 Å². The van der Waals surface area contributed by atoms with Crippen LogP contribution in [-0.4, -0.2) is 11.1 Å². The summed E-state index contributed by atoms with van der Waals surface area (Å²) in [4.78, 5) is 10.8. The van der Waals surface area contributed by atoms with E-state index in [-0.39, 0.29) is 5.56 Å². The fourth-order valence-corrected chi connectivity index (χ4v) is 0.997. The number of allylic oxidation sites excluding steroid dienone is 1. The van der Waals surface area contributed by atoms with E-state index in [4.69, 9.17) is 5.11 Å². The first-order chi connectivity index (χ1) is 6.75. The van der Waals surface area contributed by atoms with Crippen LogP contribution in [0.5, 0.6) is 0 Å². The number of aromatic carboxylic acids is 1. The highest BCUT2D eigenvalue weighted by molar-refractivity contribution is 5.90. The minimum atomic E-state index is -0.950. The molecule has 1 aromatic rings. The summed E-state index contributed by atoms with van der Waals surface area (Å²) in [5.41, 5.74) is 0.783. The van der Waals surface area contributed by atoms with Crippen molar-refractivity contribution in [2.75, 3.05) is 0 Å². The Morgan fingerprint density at radius 3 is 2.86 bits per heavy atom. The van der Waals surface area contributed by atoms with E-state index in [1.54, 1.807) is 30.3 Å². The third-order valence-electron chi connectivity index (χ3n) is 1.63. The van der Waals surface area contributed by atoms with Crippen LogP contribution >= 0.6 is 0 Å². The lowest BCUT2D eigenvalue weighted by Crippen LogP contribution is -1.99. The highest BCUT2D eigenvalue weighted by Crippen LogP contribution is 2.06. The maximum Gasteiger partial charge on any atom is 0.336 e. The lowest BCUT2D eigenvalue weighted by atomic mass is 10.1. The first-order valence-corrected chi connectivity index (χ1v) is 4.18. The molecule has 1 N–H and O–H groups in total. The van der Waals surface area contributed by atoms with Crippen LogP contribution in [0.25, 0.3) is 0 Å². The third kappa shape index (κ3) is 2.49. The molecule has 0 fully saturated rings. The van der Waals surface area contributed by atoms with Gasteiger partial charge >= 0.3 is 5.97 Å². The predicted molar refractivity (Wildman–Crippen MR) is 55.1 cm³/mol. The first kappa shape index (κ1) is 10.1. The quantitative estimate of drug-likeness (QED) is 0.568. The molecular weight excluding hydrogens is 176 g/mol. The topological polar surface area (TPSA) is 37.3 Å². The van der Waals surface area contributed by atoms with Gasteiger partial charge in [-0.2, -0.15) is 0 Å². The van der Waals surface area contributed by atoms with Crippen LogP contribution in [0.2, 0.25) is 0 Å². The second kappa shape index (κ2) is 4.88. The van der Waals surface area contributed by atoms with Crippen LogP contribution < -0.4 is 0 Å². The molecule has 0 aliphatic heterocycles. The Morgan fingerprint density at radius 2 is 2.21 bits per heavy atom. The molecule has 0 radical (unpaired) electrons. The van der Waals surface area contributed by atoms with E-state index in [0.29, 0.717) is 12.0 Å². The molecule has 0 saturated carbocycles. The van der Waals surface area contributed by atoms with Gasteiger partial charge in [-0.25, -0.2) is 4.79 Å². The van der Waals surface area contributed by atoms with Crippen molar-refractivity contribution < 1.29 is 9.90 Å². The second-order valence-electron chi connectivity index (χ2n) is 2.65. The highest BCUT2D eigenvalue weighted by atomic mass is 16.4. The molecule has 70 valence electrons. The number of benzene rings is 1. The van der Waals surface area contributed by atoms with Crippen LogP contribution in [0.3, 0.4) is 0 Å². The van der Waals surface area contributed by atoms with Gasteiger partial charge in [0.05, 0.1) is 5.56 Å². The Kier molecular flexibility index (Phi) is 3.51. The Balaban J connectivity index is 3.03. The van der Waals surface area contributed by atoms with Crippen LogP contribution in [0.4, 0.5) is 0 Å². The van der Waals surface area contributed by atoms with Gasteiger partial charge in [-0.15, -0.1) is 6.58 Å². The zero-order valence-corrected chi connectivity index (χ0v) is 7.66. The standard InChI is InChI=1S/C12H10O2/c1-2-3-4-7-10-8-5-6-9-11(10)12(13)14/h2,5-6,8-9H,1,3H2,(H,13,14). The van der Waals surface area contributed by atoms with E-state index in [0.717, 1.165) is 0 Å². The number of rotatable bonds is 2. The number of carboxylic acids is 1. The summed E-state index contributed by atoms with van der Waals surface area (Å²) in [6, 6.07) is 6.69. The van der Waals surface area contributed by atoms with Crippen LogP contribution in [-0.2, 0) is 0 Å². The number of hydrogen-bond donors (Lipinski definition) is 1. The van der Waals surface area contributed by atoms with E-state index in [2.05, 4.69) is 18.4 Å². The van der Waals surface area contributed by atoms with Crippen LogP contribution in [0, 0.1) is 11.8 Å². The summed E-state index contributed by atoms with van der Waals surface area (Å²) in [6.07, 6.45) is 2.24. The van der Waals surface area contributed by atoms with Gasteiger partial charge in [0.25, 0.3) is 0 Å². The van der Waals surface area contributed by atoms with Crippen molar-refractivity contribution in [2.24, 2.45) is 0 Å². The Hall–Kier alpha value is -2.01. The summed E-state index contributed by atoms with van der Waals surface area (Å²) in [5, 5.41) is 8.83. The predicted octanol–water partition coefficient (Wildman–Crippen LogP) is 2.31. The number of carbonyl (C=O) groups is 1. The van der Waals surface area contributed by atoms with Gasteiger partial charge in [-0.3, -0.25) is 0 Å². The van der Waals surface area contributed by atoms with Crippen molar-refractivity contribution in [3.8, 4) is 11.8 Å². The smallest absolute Gasteiger partial charge is 0.336 e. The number of carboxylic acid groups (broad SMARTS) is 1. The fraction of sp³-hybridized carbons (Fsp3) is 0.0833. The molecule has 2 nitrogen and oxygen atoms in total. The first-order valence-electron chi connectivity index (χ1n) is 4.18. The summed E-state index contributed by atoms with van der Waals surface area (Å²) < 4.78 is 0. The zero-order valence-electron chi connectivity index (χ0n) is 7.66. The van der Waals surface area contributed by atoms with E-state index >= 15 is 0 Å². The average Bonchev–Trinajstić information content (AvgIpc) is 2.19. The Labute approximate surface area is 82.9 Å². The minimum absolute atomic E-state index is 0.240. The highest BCUT2D eigenvalue weighted by Gasteiger charge is 2.05. The van der Waals surface area contributed by atoms with E-state index in [9.17, 15) is 4.79 Å². The molecule has 0 aromatic heterocycles. The van der Waals surface area contributed by atoms with Gasteiger partial charge in [-0.1, -0.05) is 30.0 Å². The summed E-state index contributed by atoms with van der Waals surface area (Å²) in [5.74, 6) is 4.66. The second-order valence-corrected chi connectivity index (χ2v) is 2.65. The van der Waals surface area contributed by atoms with Crippen molar-refractivity contribution in [3.63, 3.8) is 0 Å².